The maximum atomic E-state index is 3.98. The molecule has 0 fully saturated rings. The van der Waals surface area contributed by atoms with Crippen molar-refractivity contribution < 1.29 is 49.5 Å². The third kappa shape index (κ3) is 7.82. The average Bonchev–Trinajstić information content (AvgIpc) is 3.09. The Morgan fingerprint density at radius 2 is 1.25 bits per heavy atom. The van der Waals surface area contributed by atoms with Gasteiger partial charge < -0.3 is 29.8 Å². The number of hydrogen-bond donors (Lipinski definition) is 1. The molecule has 0 heterocycles. The van der Waals surface area contributed by atoms with E-state index in [0.29, 0.717) is 5.54 Å². The van der Waals surface area contributed by atoms with Crippen LogP contribution in [-0.4, -0.2) is 13.8 Å². The third-order valence-electron chi connectivity index (χ3n) is 5.23. The number of halogens is 2. The van der Waals surface area contributed by atoms with E-state index >= 15 is 0 Å². The van der Waals surface area contributed by atoms with E-state index in [9.17, 15) is 0 Å². The molecule has 1 nitrogen and oxygen atoms in total. The van der Waals surface area contributed by atoms with E-state index < -0.39 is 8.24 Å². The molecule has 1 N–H and O–H groups in total. The molecule has 0 aliphatic heterocycles. The Kier molecular flexibility index (Phi) is 11.3. The van der Waals surface area contributed by atoms with E-state index in [1.165, 1.54) is 50.3 Å². The molecule has 32 heavy (non-hydrogen) atoms. The Morgan fingerprint density at radius 1 is 0.750 bits per heavy atom. The van der Waals surface area contributed by atoms with Gasteiger partial charge in [0.2, 0.25) is 0 Å². The van der Waals surface area contributed by atoms with E-state index in [-0.39, 0.29) is 30.4 Å². The van der Waals surface area contributed by atoms with E-state index in [0.717, 1.165) is 0 Å². The quantitative estimate of drug-likeness (QED) is 0.456. The second kappa shape index (κ2) is 12.5. The minimum absolute atomic E-state index is 0. The molecule has 0 saturated carbocycles. The van der Waals surface area contributed by atoms with Crippen LogP contribution < -0.4 is 33.1 Å². The number of hydrogen-bond acceptors (Lipinski definition) is 1. The predicted molar refractivity (Wildman–Crippen MR) is 130 cm³/mol. The fourth-order valence-corrected chi connectivity index (χ4v) is 9.08. The predicted octanol–water partition coefficient (Wildman–Crippen LogP) is 0.324. The summed E-state index contributed by atoms with van der Waals surface area (Å²) in [6.07, 6.45) is 2.40. The summed E-state index contributed by atoms with van der Waals surface area (Å²) in [5, 5.41) is 0. The summed E-state index contributed by atoms with van der Waals surface area (Å²) in [4.78, 5) is 3.98. The summed E-state index contributed by atoms with van der Waals surface area (Å²) in [6.45, 7) is 11.7. The standard InChI is InChI=1S/C21H27NSi.C6H5.2ClH.Zr/c1-21(2,3)22-23(4,5)20-18-14-10-9-13-17(18)15-19(20)16-11-7-6-8-12-16;1-2-4-6-5-3-1;;;/h6-15,20,22H,1-5H3;1-5H;2*1H;/q;;;;+2/p-2. The van der Waals surface area contributed by atoms with E-state index in [1.807, 2.05) is 6.07 Å². The van der Waals surface area contributed by atoms with Crippen LogP contribution in [-0.2, 0) is 24.7 Å². The van der Waals surface area contributed by atoms with Crippen molar-refractivity contribution in [3.63, 3.8) is 0 Å². The fourth-order valence-electron chi connectivity index (χ4n) is 4.46. The molecular weight excluding hydrogens is 529 g/mol. The molecule has 4 rings (SSSR count). The molecule has 0 amide bonds. The fraction of sp³-hybridized carbons (Fsp3) is 0.259. The molecule has 1 aliphatic carbocycles. The number of fused-ring (bicyclic) bond motifs is 1. The molecule has 3 aromatic carbocycles. The van der Waals surface area contributed by atoms with Crippen molar-refractivity contribution in [3.05, 3.63) is 102 Å². The summed E-state index contributed by atoms with van der Waals surface area (Å²) in [7, 11) is -1.72. The van der Waals surface area contributed by atoms with E-state index in [2.05, 4.69) is 124 Å². The van der Waals surface area contributed by atoms with Crippen LogP contribution in [0.1, 0.15) is 43.0 Å². The van der Waals surface area contributed by atoms with Gasteiger partial charge in [-0.25, -0.2) is 0 Å². The topological polar surface area (TPSA) is 12.0 Å². The second-order valence-corrected chi connectivity index (χ2v) is 15.2. The number of allylic oxidation sites excluding steroid dienone is 1. The monoisotopic (exact) mass is 558 g/mol. The van der Waals surface area contributed by atoms with Crippen molar-refractivity contribution in [2.45, 2.75) is 44.9 Å². The maximum absolute atomic E-state index is 3.98. The molecular formula is C27H32Cl2NSiZr. The molecule has 0 radical (unpaired) electrons. The summed E-state index contributed by atoms with van der Waals surface area (Å²) in [5.41, 5.74) is 6.31. The first-order valence-electron chi connectivity index (χ1n) is 10.6. The molecule has 167 valence electrons. The Hall–Kier alpha value is -0.960. The first-order valence-corrected chi connectivity index (χ1v) is 14.9. The van der Waals surface area contributed by atoms with Gasteiger partial charge in [0, 0.05) is 11.1 Å². The molecule has 1 atom stereocenters. The van der Waals surface area contributed by atoms with Crippen LogP contribution in [0.4, 0.5) is 0 Å². The Bertz CT molecular complexity index is 999. The molecule has 1 unspecified atom stereocenters. The molecule has 0 bridgehead atoms. The Labute approximate surface area is 222 Å². The number of rotatable bonds is 3. The SMILES string of the molecule is CC(C)(C)N[Si](C)(C)C1C(c2ccccc2)=Cc2ccccc21.[Cl-].[Cl-].[Zr+2][c]1ccccc1. The van der Waals surface area contributed by atoms with Crippen LogP contribution in [0.5, 0.6) is 0 Å². The number of benzene rings is 3. The zero-order chi connectivity index (χ0) is 21.8. The third-order valence-corrected chi connectivity index (χ3v) is 9.51. The first-order chi connectivity index (χ1) is 14.2. The Morgan fingerprint density at radius 3 is 1.75 bits per heavy atom. The average molecular weight is 561 g/mol. The molecule has 0 spiro atoms. The van der Waals surface area contributed by atoms with Crippen molar-refractivity contribution in [2.75, 3.05) is 0 Å². The van der Waals surface area contributed by atoms with Crippen LogP contribution in [0.2, 0.25) is 13.1 Å². The first kappa shape index (κ1) is 29.1. The van der Waals surface area contributed by atoms with Crippen molar-refractivity contribution in [1.29, 1.82) is 0 Å². The summed E-state index contributed by atoms with van der Waals surface area (Å²) in [6, 6.07) is 30.1. The second-order valence-electron chi connectivity index (χ2n) is 9.49. The summed E-state index contributed by atoms with van der Waals surface area (Å²) < 4.78 is 1.41. The van der Waals surface area contributed by atoms with Gasteiger partial charge in [-0.2, -0.15) is 0 Å². The van der Waals surface area contributed by atoms with Crippen LogP contribution in [0.3, 0.4) is 0 Å². The van der Waals surface area contributed by atoms with Crippen molar-refractivity contribution in [3.8, 4) is 0 Å². The molecule has 5 heteroatoms. The van der Waals surface area contributed by atoms with Crippen LogP contribution in [0.25, 0.3) is 11.6 Å². The van der Waals surface area contributed by atoms with Gasteiger partial charge in [0.05, 0.1) is 0 Å². The van der Waals surface area contributed by atoms with Crippen molar-refractivity contribution >= 4 is 23.2 Å². The van der Waals surface area contributed by atoms with Gasteiger partial charge in [-0.05, 0) is 43.0 Å². The summed E-state index contributed by atoms with van der Waals surface area (Å²) in [5.74, 6) is 0. The summed E-state index contributed by atoms with van der Waals surface area (Å²) >= 11 is 1.49. The van der Waals surface area contributed by atoms with Gasteiger partial charge >= 0.3 is 58.3 Å². The zero-order valence-corrected chi connectivity index (χ0v) is 24.5. The van der Waals surface area contributed by atoms with Gasteiger partial charge in [-0.15, -0.1) is 0 Å². The number of nitrogens with one attached hydrogen (secondary N) is 1. The zero-order valence-electron chi connectivity index (χ0n) is 19.5. The van der Waals surface area contributed by atoms with Gasteiger partial charge in [0.15, 0.2) is 0 Å². The Balaban J connectivity index is 0.000000489. The van der Waals surface area contributed by atoms with E-state index in [1.54, 1.807) is 0 Å². The van der Waals surface area contributed by atoms with Crippen molar-refractivity contribution in [1.82, 2.24) is 4.98 Å². The van der Waals surface area contributed by atoms with Gasteiger partial charge in [-0.3, -0.25) is 0 Å². The molecule has 1 aliphatic rings. The molecule has 3 aromatic rings. The molecule has 0 saturated heterocycles. The van der Waals surface area contributed by atoms with Crippen LogP contribution >= 0.6 is 0 Å². The van der Waals surface area contributed by atoms with Crippen molar-refractivity contribution in [2.24, 2.45) is 0 Å². The molecule has 0 aromatic heterocycles. The van der Waals surface area contributed by atoms with E-state index in [4.69, 9.17) is 0 Å². The van der Waals surface area contributed by atoms with Crippen LogP contribution in [0, 0.1) is 0 Å². The normalized spacial score (nSPS) is 14.7. The van der Waals surface area contributed by atoms with Crippen LogP contribution in [0.15, 0.2) is 84.9 Å². The van der Waals surface area contributed by atoms with Gasteiger partial charge in [-0.1, -0.05) is 73.8 Å². The van der Waals surface area contributed by atoms with Gasteiger partial charge in [0.25, 0.3) is 0 Å². The van der Waals surface area contributed by atoms with Gasteiger partial charge in [0.1, 0.15) is 8.24 Å². The minimum atomic E-state index is -1.72.